The van der Waals surface area contributed by atoms with Crippen molar-refractivity contribution in [1.82, 2.24) is 0 Å². The lowest BCUT2D eigenvalue weighted by atomic mass is 10.1. The van der Waals surface area contributed by atoms with Crippen LogP contribution in [0.4, 0.5) is 5.69 Å². The number of benzene rings is 1. The van der Waals surface area contributed by atoms with Crippen LogP contribution in [0.2, 0.25) is 0 Å². The van der Waals surface area contributed by atoms with Crippen molar-refractivity contribution in [1.29, 1.82) is 0 Å². The molecule has 1 saturated heterocycles. The van der Waals surface area contributed by atoms with Gasteiger partial charge in [-0.1, -0.05) is 13.3 Å². The number of hydrogen-bond acceptors (Lipinski definition) is 5. The van der Waals surface area contributed by atoms with Crippen LogP contribution in [0, 0.1) is 0 Å². The Kier molecular flexibility index (Phi) is 7.89. The van der Waals surface area contributed by atoms with Crippen LogP contribution in [-0.2, 0) is 9.53 Å². The molecule has 1 aromatic rings. The number of esters is 1. The Hall–Kier alpha value is -1.75. The second-order valence-corrected chi connectivity index (χ2v) is 6.29. The van der Waals surface area contributed by atoms with Crippen LogP contribution < -0.4 is 9.64 Å². The maximum atomic E-state index is 11.4. The first kappa shape index (κ1) is 18.6. The summed E-state index contributed by atoms with van der Waals surface area (Å²) in [4.78, 5) is 13.8. The van der Waals surface area contributed by atoms with Crippen molar-refractivity contribution in [3.8, 4) is 5.75 Å². The van der Waals surface area contributed by atoms with Crippen molar-refractivity contribution in [2.45, 2.75) is 51.6 Å². The molecule has 0 aromatic heterocycles. The van der Waals surface area contributed by atoms with E-state index in [0.717, 1.165) is 25.9 Å². The predicted molar refractivity (Wildman–Crippen MR) is 94.5 cm³/mol. The number of aliphatic hydroxyl groups is 1. The minimum absolute atomic E-state index is 0.0194. The molecular formula is C19H29NO4. The molecule has 134 valence electrons. The number of piperidine rings is 1. The molecule has 5 heteroatoms. The van der Waals surface area contributed by atoms with Crippen molar-refractivity contribution in [3.63, 3.8) is 0 Å². The quantitative estimate of drug-likeness (QED) is 0.703. The highest BCUT2D eigenvalue weighted by atomic mass is 16.5. The summed E-state index contributed by atoms with van der Waals surface area (Å²) in [5.74, 6) is 0.453. The molecule has 0 amide bonds. The van der Waals surface area contributed by atoms with Gasteiger partial charge in [-0.05, 0) is 49.9 Å². The highest BCUT2D eigenvalue weighted by Gasteiger charge is 2.12. The maximum absolute atomic E-state index is 11.4. The van der Waals surface area contributed by atoms with Crippen molar-refractivity contribution in [3.05, 3.63) is 24.3 Å². The number of hydrogen-bond donors (Lipinski definition) is 1. The minimum Gasteiger partial charge on any atom is -0.491 e. The van der Waals surface area contributed by atoms with Gasteiger partial charge in [0.25, 0.3) is 0 Å². The van der Waals surface area contributed by atoms with Gasteiger partial charge < -0.3 is 19.5 Å². The SMILES string of the molecule is CCCCC(=O)OCC(O)COc1ccc(N2CCCCC2)cc1. The van der Waals surface area contributed by atoms with Crippen LogP contribution in [-0.4, -0.2) is 43.5 Å². The van der Waals surface area contributed by atoms with Gasteiger partial charge in [-0.2, -0.15) is 0 Å². The average Bonchev–Trinajstić information content (AvgIpc) is 2.64. The monoisotopic (exact) mass is 335 g/mol. The zero-order chi connectivity index (χ0) is 17.2. The van der Waals surface area contributed by atoms with Crippen molar-refractivity contribution in [2.24, 2.45) is 0 Å². The van der Waals surface area contributed by atoms with E-state index in [2.05, 4.69) is 17.0 Å². The summed E-state index contributed by atoms with van der Waals surface area (Å²) >= 11 is 0. The summed E-state index contributed by atoms with van der Waals surface area (Å²) < 4.78 is 10.6. The van der Waals surface area contributed by atoms with Gasteiger partial charge in [0.2, 0.25) is 0 Å². The molecule has 5 nitrogen and oxygen atoms in total. The number of carbonyl (C=O) groups is 1. The van der Waals surface area contributed by atoms with Gasteiger partial charge in [-0.15, -0.1) is 0 Å². The fourth-order valence-corrected chi connectivity index (χ4v) is 2.73. The smallest absolute Gasteiger partial charge is 0.305 e. The highest BCUT2D eigenvalue weighted by molar-refractivity contribution is 5.69. The second-order valence-electron chi connectivity index (χ2n) is 6.29. The number of unbranched alkanes of at least 4 members (excludes halogenated alkanes) is 1. The van der Waals surface area contributed by atoms with Gasteiger partial charge in [-0.3, -0.25) is 4.79 Å². The molecule has 1 atom stereocenters. The Balaban J connectivity index is 1.68. The number of carbonyl (C=O) groups excluding carboxylic acids is 1. The lowest BCUT2D eigenvalue weighted by molar-refractivity contribution is -0.147. The van der Waals surface area contributed by atoms with E-state index in [1.807, 2.05) is 19.1 Å². The third-order valence-corrected chi connectivity index (χ3v) is 4.17. The molecule has 0 spiro atoms. The first-order valence-corrected chi connectivity index (χ1v) is 9.00. The van der Waals surface area contributed by atoms with Crippen molar-refractivity contribution >= 4 is 11.7 Å². The van der Waals surface area contributed by atoms with E-state index in [1.54, 1.807) is 0 Å². The third-order valence-electron chi connectivity index (χ3n) is 4.17. The minimum atomic E-state index is -0.808. The summed E-state index contributed by atoms with van der Waals surface area (Å²) in [5.41, 5.74) is 1.22. The van der Waals surface area contributed by atoms with Gasteiger partial charge in [-0.25, -0.2) is 0 Å². The molecule has 1 unspecified atom stereocenters. The molecular weight excluding hydrogens is 306 g/mol. The summed E-state index contributed by atoms with van der Waals surface area (Å²) in [6.45, 7) is 4.34. The van der Waals surface area contributed by atoms with Gasteiger partial charge in [0.05, 0.1) is 0 Å². The Morgan fingerprint density at radius 2 is 1.88 bits per heavy atom. The molecule has 1 N–H and O–H groups in total. The summed E-state index contributed by atoms with van der Waals surface area (Å²) in [7, 11) is 0. The number of ether oxygens (including phenoxy) is 2. The van der Waals surface area contributed by atoms with E-state index in [4.69, 9.17) is 9.47 Å². The number of nitrogens with zero attached hydrogens (tertiary/aromatic N) is 1. The first-order valence-electron chi connectivity index (χ1n) is 9.00. The van der Waals surface area contributed by atoms with Crippen LogP contribution in [0.3, 0.4) is 0 Å². The normalized spacial score (nSPS) is 15.8. The van der Waals surface area contributed by atoms with E-state index in [0.29, 0.717) is 12.2 Å². The van der Waals surface area contributed by atoms with E-state index < -0.39 is 6.10 Å². The molecule has 0 radical (unpaired) electrons. The molecule has 2 rings (SSSR count). The van der Waals surface area contributed by atoms with Gasteiger partial charge >= 0.3 is 5.97 Å². The fraction of sp³-hybridized carbons (Fsp3) is 0.632. The Bertz CT molecular complexity index is 483. The number of rotatable bonds is 9. The van der Waals surface area contributed by atoms with Gasteiger partial charge in [0, 0.05) is 25.2 Å². The molecule has 0 aliphatic carbocycles. The molecule has 0 bridgehead atoms. The third kappa shape index (κ3) is 6.40. The van der Waals surface area contributed by atoms with E-state index in [-0.39, 0.29) is 19.2 Å². The largest absolute Gasteiger partial charge is 0.491 e. The Morgan fingerprint density at radius 1 is 1.17 bits per heavy atom. The zero-order valence-electron chi connectivity index (χ0n) is 14.6. The maximum Gasteiger partial charge on any atom is 0.305 e. The van der Waals surface area contributed by atoms with Crippen molar-refractivity contribution in [2.75, 3.05) is 31.2 Å². The van der Waals surface area contributed by atoms with Crippen LogP contribution in [0.25, 0.3) is 0 Å². The molecule has 1 heterocycles. The van der Waals surface area contributed by atoms with Crippen LogP contribution in [0.5, 0.6) is 5.75 Å². The second kappa shape index (κ2) is 10.2. The number of anilines is 1. The zero-order valence-corrected chi connectivity index (χ0v) is 14.6. The Labute approximate surface area is 144 Å². The lowest BCUT2D eigenvalue weighted by Gasteiger charge is -2.28. The summed E-state index contributed by atoms with van der Waals surface area (Å²) in [5, 5.41) is 9.83. The number of aliphatic hydroxyl groups excluding tert-OH is 1. The molecule has 1 fully saturated rings. The van der Waals surface area contributed by atoms with Gasteiger partial charge in [0.1, 0.15) is 25.1 Å². The Morgan fingerprint density at radius 3 is 2.54 bits per heavy atom. The molecule has 24 heavy (non-hydrogen) atoms. The topological polar surface area (TPSA) is 59.0 Å². The van der Waals surface area contributed by atoms with Crippen LogP contribution in [0.1, 0.15) is 45.4 Å². The summed E-state index contributed by atoms with van der Waals surface area (Å²) in [6, 6.07) is 7.95. The molecule has 0 saturated carbocycles. The molecule has 1 aliphatic heterocycles. The van der Waals surface area contributed by atoms with Crippen LogP contribution >= 0.6 is 0 Å². The first-order chi connectivity index (χ1) is 11.7. The lowest BCUT2D eigenvalue weighted by Crippen LogP contribution is -2.29. The molecule has 1 aliphatic rings. The standard InChI is InChI=1S/C19H29NO4/c1-2-3-7-19(22)24-15-17(21)14-23-18-10-8-16(9-11-18)20-12-5-4-6-13-20/h8-11,17,21H,2-7,12-15H2,1H3. The summed E-state index contributed by atoms with van der Waals surface area (Å²) in [6.07, 6.45) is 5.18. The average molecular weight is 335 g/mol. The van der Waals surface area contributed by atoms with E-state index in [1.165, 1.54) is 24.9 Å². The van der Waals surface area contributed by atoms with E-state index >= 15 is 0 Å². The van der Waals surface area contributed by atoms with Gasteiger partial charge in [0.15, 0.2) is 0 Å². The predicted octanol–water partition coefficient (Wildman–Crippen LogP) is 3.15. The van der Waals surface area contributed by atoms with Crippen molar-refractivity contribution < 1.29 is 19.4 Å². The highest BCUT2D eigenvalue weighted by Crippen LogP contribution is 2.22. The molecule has 1 aromatic carbocycles. The fourth-order valence-electron chi connectivity index (χ4n) is 2.73. The van der Waals surface area contributed by atoms with Crippen LogP contribution in [0.15, 0.2) is 24.3 Å². The van der Waals surface area contributed by atoms with E-state index in [9.17, 15) is 9.90 Å².